The molecule has 0 N–H and O–H groups in total. The Morgan fingerprint density at radius 3 is 1.89 bits per heavy atom. The highest BCUT2D eigenvalue weighted by molar-refractivity contribution is 4.96. The summed E-state index contributed by atoms with van der Waals surface area (Å²) < 4.78 is 0. The first kappa shape index (κ1) is 16.9. The van der Waals surface area contributed by atoms with Crippen LogP contribution in [-0.2, 0) is 0 Å². The van der Waals surface area contributed by atoms with Gasteiger partial charge in [0, 0.05) is 12.1 Å². The van der Waals surface area contributed by atoms with E-state index in [1.165, 1.54) is 25.8 Å². The average Bonchev–Trinajstić information content (AvgIpc) is 2.47. The van der Waals surface area contributed by atoms with E-state index >= 15 is 0 Å². The van der Waals surface area contributed by atoms with E-state index in [0.29, 0.717) is 11.8 Å². The second-order valence-electron chi connectivity index (χ2n) is 5.66. The zero-order valence-corrected chi connectivity index (χ0v) is 14.1. The lowest BCUT2D eigenvalue weighted by Crippen LogP contribution is -2.69. The van der Waals surface area contributed by atoms with E-state index in [4.69, 9.17) is 0 Å². The molecular formula is C16H35N3. The Hall–Kier alpha value is -0.120. The standard InChI is InChI=1S/C16H35N3/c1-7-16(8-2)13-14-18(11-5)15(19(16)12-6)17(9-3)10-4/h15H,7-14H2,1-6H3. The lowest BCUT2D eigenvalue weighted by molar-refractivity contribution is -0.154. The molecule has 0 spiro atoms. The van der Waals surface area contributed by atoms with Crippen LogP contribution in [0.4, 0.5) is 0 Å². The average molecular weight is 269 g/mol. The molecule has 1 aliphatic rings. The fraction of sp³-hybridized carbons (Fsp3) is 1.00. The zero-order chi connectivity index (χ0) is 14.5. The smallest absolute Gasteiger partial charge is 0.120 e. The largest absolute Gasteiger partial charge is 0.276 e. The van der Waals surface area contributed by atoms with Crippen molar-refractivity contribution in [3.05, 3.63) is 0 Å². The lowest BCUT2D eigenvalue weighted by atomic mass is 9.84. The lowest BCUT2D eigenvalue weighted by Gasteiger charge is -2.57. The summed E-state index contributed by atoms with van der Waals surface area (Å²) in [6.45, 7) is 19.8. The second-order valence-corrected chi connectivity index (χ2v) is 5.66. The molecule has 114 valence electrons. The molecular weight excluding hydrogens is 234 g/mol. The van der Waals surface area contributed by atoms with Gasteiger partial charge in [0.15, 0.2) is 0 Å². The maximum absolute atomic E-state index is 2.77. The molecule has 0 radical (unpaired) electrons. The molecule has 1 heterocycles. The van der Waals surface area contributed by atoms with Crippen molar-refractivity contribution in [3.8, 4) is 0 Å². The second kappa shape index (κ2) is 7.61. The molecule has 1 atom stereocenters. The number of hydrogen-bond donors (Lipinski definition) is 0. The molecule has 0 saturated carbocycles. The Labute approximate surface area is 120 Å². The van der Waals surface area contributed by atoms with Gasteiger partial charge in [0.1, 0.15) is 6.29 Å². The Morgan fingerprint density at radius 1 is 0.947 bits per heavy atom. The fourth-order valence-corrected chi connectivity index (χ4v) is 3.86. The van der Waals surface area contributed by atoms with Crippen LogP contribution in [0.25, 0.3) is 0 Å². The van der Waals surface area contributed by atoms with Gasteiger partial charge in [0.2, 0.25) is 0 Å². The van der Waals surface area contributed by atoms with Gasteiger partial charge in [-0.05, 0) is 45.4 Å². The van der Waals surface area contributed by atoms with Gasteiger partial charge in [-0.3, -0.25) is 14.7 Å². The summed E-state index contributed by atoms with van der Waals surface area (Å²) in [6.07, 6.45) is 4.36. The molecule has 1 aliphatic heterocycles. The number of hydrogen-bond acceptors (Lipinski definition) is 3. The summed E-state index contributed by atoms with van der Waals surface area (Å²) in [5, 5.41) is 0. The Kier molecular flexibility index (Phi) is 6.78. The maximum atomic E-state index is 2.77. The fourth-order valence-electron chi connectivity index (χ4n) is 3.86. The molecule has 1 fully saturated rings. The highest BCUT2D eigenvalue weighted by Crippen LogP contribution is 2.36. The third-order valence-electron chi connectivity index (χ3n) is 5.28. The van der Waals surface area contributed by atoms with Crippen molar-refractivity contribution < 1.29 is 0 Å². The molecule has 0 aromatic rings. The van der Waals surface area contributed by atoms with Gasteiger partial charge in [-0.25, -0.2) is 0 Å². The van der Waals surface area contributed by atoms with Gasteiger partial charge in [-0.15, -0.1) is 0 Å². The normalized spacial score (nSPS) is 25.1. The summed E-state index contributed by atoms with van der Waals surface area (Å²) in [6, 6.07) is 0. The predicted molar refractivity (Wildman–Crippen MR) is 84.3 cm³/mol. The van der Waals surface area contributed by atoms with Crippen LogP contribution in [0.5, 0.6) is 0 Å². The van der Waals surface area contributed by atoms with E-state index < -0.39 is 0 Å². The van der Waals surface area contributed by atoms with Crippen LogP contribution in [0.3, 0.4) is 0 Å². The van der Waals surface area contributed by atoms with E-state index in [1.54, 1.807) is 0 Å². The van der Waals surface area contributed by atoms with Gasteiger partial charge in [-0.2, -0.15) is 0 Å². The maximum Gasteiger partial charge on any atom is 0.120 e. The third-order valence-corrected chi connectivity index (χ3v) is 5.28. The van der Waals surface area contributed by atoms with Crippen LogP contribution in [-0.4, -0.2) is 59.3 Å². The van der Waals surface area contributed by atoms with Gasteiger partial charge in [0.25, 0.3) is 0 Å². The van der Waals surface area contributed by atoms with Crippen molar-refractivity contribution in [2.75, 3.05) is 32.7 Å². The van der Waals surface area contributed by atoms with Crippen LogP contribution >= 0.6 is 0 Å². The van der Waals surface area contributed by atoms with Crippen molar-refractivity contribution in [2.24, 2.45) is 0 Å². The predicted octanol–water partition coefficient (Wildman–Crippen LogP) is 3.22. The molecule has 3 nitrogen and oxygen atoms in total. The summed E-state index contributed by atoms with van der Waals surface area (Å²) >= 11 is 0. The Morgan fingerprint density at radius 2 is 1.53 bits per heavy atom. The summed E-state index contributed by atoms with van der Waals surface area (Å²) in [5.41, 5.74) is 0.410. The topological polar surface area (TPSA) is 9.72 Å². The van der Waals surface area contributed by atoms with Gasteiger partial charge < -0.3 is 0 Å². The molecule has 0 aliphatic carbocycles. The van der Waals surface area contributed by atoms with E-state index in [2.05, 4.69) is 56.2 Å². The monoisotopic (exact) mass is 269 g/mol. The SMILES string of the molecule is CCN(CC)C1N(CC)CCC(CC)(CC)N1CC. The summed E-state index contributed by atoms with van der Waals surface area (Å²) in [5.74, 6) is 0. The molecule has 19 heavy (non-hydrogen) atoms. The highest BCUT2D eigenvalue weighted by Gasteiger charge is 2.44. The van der Waals surface area contributed by atoms with E-state index in [1.807, 2.05) is 0 Å². The van der Waals surface area contributed by atoms with Crippen molar-refractivity contribution in [3.63, 3.8) is 0 Å². The first-order valence-electron chi connectivity index (χ1n) is 8.38. The van der Waals surface area contributed by atoms with E-state index in [9.17, 15) is 0 Å². The first-order chi connectivity index (χ1) is 9.13. The van der Waals surface area contributed by atoms with Crippen molar-refractivity contribution in [1.29, 1.82) is 0 Å². The minimum atomic E-state index is 0.410. The number of nitrogens with zero attached hydrogens (tertiary/aromatic N) is 3. The minimum absolute atomic E-state index is 0.410. The van der Waals surface area contributed by atoms with E-state index in [-0.39, 0.29) is 0 Å². The quantitative estimate of drug-likeness (QED) is 0.702. The van der Waals surface area contributed by atoms with Crippen molar-refractivity contribution in [1.82, 2.24) is 14.7 Å². The van der Waals surface area contributed by atoms with Gasteiger partial charge >= 0.3 is 0 Å². The van der Waals surface area contributed by atoms with E-state index in [0.717, 1.165) is 26.2 Å². The zero-order valence-electron chi connectivity index (χ0n) is 14.1. The number of rotatable bonds is 7. The van der Waals surface area contributed by atoms with Crippen LogP contribution in [0.2, 0.25) is 0 Å². The van der Waals surface area contributed by atoms with Gasteiger partial charge in [0.05, 0.1) is 0 Å². The Balaban J connectivity index is 3.08. The van der Waals surface area contributed by atoms with Crippen LogP contribution in [0.15, 0.2) is 0 Å². The van der Waals surface area contributed by atoms with Gasteiger partial charge in [-0.1, -0.05) is 41.5 Å². The Bertz CT molecular complexity index is 239. The summed E-state index contributed by atoms with van der Waals surface area (Å²) in [4.78, 5) is 8.04. The summed E-state index contributed by atoms with van der Waals surface area (Å²) in [7, 11) is 0. The molecule has 0 bridgehead atoms. The van der Waals surface area contributed by atoms with Crippen molar-refractivity contribution in [2.45, 2.75) is 72.6 Å². The molecule has 1 unspecified atom stereocenters. The molecule has 1 rings (SSSR count). The highest BCUT2D eigenvalue weighted by atomic mass is 15.5. The molecule has 0 amide bonds. The minimum Gasteiger partial charge on any atom is -0.276 e. The molecule has 0 aromatic carbocycles. The molecule has 0 aromatic heterocycles. The molecule has 3 heteroatoms. The molecule has 1 saturated heterocycles. The van der Waals surface area contributed by atoms with Crippen molar-refractivity contribution >= 4 is 0 Å². The first-order valence-corrected chi connectivity index (χ1v) is 8.38. The third kappa shape index (κ3) is 3.14. The van der Waals surface area contributed by atoms with Crippen LogP contribution < -0.4 is 0 Å². The van der Waals surface area contributed by atoms with Crippen LogP contribution in [0, 0.1) is 0 Å². The van der Waals surface area contributed by atoms with Crippen LogP contribution in [0.1, 0.15) is 60.8 Å².